The molecule has 12 heavy (non-hydrogen) atoms. The van der Waals surface area contributed by atoms with Gasteiger partial charge in [-0.3, -0.25) is 4.79 Å². The number of carbonyl (C=O) groups is 1. The van der Waals surface area contributed by atoms with Gasteiger partial charge >= 0.3 is 5.97 Å². The number of nitrogens with two attached hydrogens (primary N) is 2. The van der Waals surface area contributed by atoms with Crippen LogP contribution in [0, 0.1) is 0 Å². The largest absolute Gasteiger partial charge is 0.480 e. The van der Waals surface area contributed by atoms with Gasteiger partial charge in [0.05, 0.1) is 0 Å². The smallest absolute Gasteiger partial charge is 0.325 e. The van der Waals surface area contributed by atoms with E-state index in [-0.39, 0.29) is 0 Å². The van der Waals surface area contributed by atoms with E-state index in [9.17, 15) is 4.79 Å². The summed E-state index contributed by atoms with van der Waals surface area (Å²) in [6.07, 6.45) is 0. The maximum atomic E-state index is 10.4. The van der Waals surface area contributed by atoms with Crippen LogP contribution in [0.5, 0.6) is 0 Å². The number of anilines is 1. The standard InChI is InChI=1S/C8H10N2O2/c9-6-3-1-2-5(4-6)7(10)8(11)12/h1-4,7H,9-10H2,(H,11,12). The van der Waals surface area contributed by atoms with Gasteiger partial charge < -0.3 is 16.6 Å². The van der Waals surface area contributed by atoms with E-state index in [0.29, 0.717) is 11.3 Å². The average Bonchev–Trinajstić information content (AvgIpc) is 2.03. The lowest BCUT2D eigenvalue weighted by Gasteiger charge is -2.06. The molecular weight excluding hydrogens is 156 g/mol. The minimum atomic E-state index is -1.06. The number of hydrogen-bond acceptors (Lipinski definition) is 3. The number of aliphatic carboxylic acids is 1. The molecule has 1 aromatic rings. The second kappa shape index (κ2) is 3.23. The fourth-order valence-corrected chi connectivity index (χ4v) is 0.895. The van der Waals surface area contributed by atoms with E-state index in [4.69, 9.17) is 16.6 Å². The van der Waals surface area contributed by atoms with Gasteiger partial charge in [0.2, 0.25) is 0 Å². The van der Waals surface area contributed by atoms with Crippen LogP contribution in [0.2, 0.25) is 0 Å². The lowest BCUT2D eigenvalue weighted by molar-refractivity contribution is -0.138. The number of carboxylic acid groups (broad SMARTS) is 1. The van der Waals surface area contributed by atoms with Crippen molar-refractivity contribution in [3.63, 3.8) is 0 Å². The summed E-state index contributed by atoms with van der Waals surface area (Å²) >= 11 is 0. The van der Waals surface area contributed by atoms with Crippen molar-refractivity contribution in [2.45, 2.75) is 6.04 Å². The van der Waals surface area contributed by atoms with Gasteiger partial charge in [0.1, 0.15) is 6.04 Å². The van der Waals surface area contributed by atoms with Crippen molar-refractivity contribution in [2.75, 3.05) is 5.73 Å². The first kappa shape index (κ1) is 8.55. The molecule has 1 unspecified atom stereocenters. The van der Waals surface area contributed by atoms with E-state index in [0.717, 1.165) is 0 Å². The Morgan fingerprint density at radius 3 is 2.67 bits per heavy atom. The normalized spacial score (nSPS) is 12.4. The monoisotopic (exact) mass is 166 g/mol. The minimum absolute atomic E-state index is 0.516. The third-order valence-electron chi connectivity index (χ3n) is 1.54. The van der Waals surface area contributed by atoms with Crippen LogP contribution in [0.4, 0.5) is 5.69 Å². The SMILES string of the molecule is Nc1cccc(C(N)C(=O)O)c1. The van der Waals surface area contributed by atoms with Crippen LogP contribution in [-0.2, 0) is 4.79 Å². The maximum Gasteiger partial charge on any atom is 0.325 e. The predicted molar refractivity (Wildman–Crippen MR) is 45.4 cm³/mol. The molecule has 0 aliphatic carbocycles. The highest BCUT2D eigenvalue weighted by Crippen LogP contribution is 2.13. The van der Waals surface area contributed by atoms with Crippen LogP contribution < -0.4 is 11.5 Å². The van der Waals surface area contributed by atoms with Gasteiger partial charge in [0.25, 0.3) is 0 Å². The number of benzene rings is 1. The molecule has 0 aromatic heterocycles. The summed E-state index contributed by atoms with van der Waals surface area (Å²) in [5.41, 5.74) is 11.8. The van der Waals surface area contributed by atoms with E-state index in [1.807, 2.05) is 0 Å². The Morgan fingerprint density at radius 2 is 2.17 bits per heavy atom. The molecule has 0 heterocycles. The van der Waals surface area contributed by atoms with Gasteiger partial charge in [-0.2, -0.15) is 0 Å². The van der Waals surface area contributed by atoms with Crippen molar-refractivity contribution in [1.82, 2.24) is 0 Å². The summed E-state index contributed by atoms with van der Waals surface area (Å²) in [7, 11) is 0. The molecule has 1 rings (SSSR count). The summed E-state index contributed by atoms with van der Waals surface area (Å²) < 4.78 is 0. The van der Waals surface area contributed by atoms with Gasteiger partial charge in [-0.25, -0.2) is 0 Å². The Morgan fingerprint density at radius 1 is 1.50 bits per heavy atom. The van der Waals surface area contributed by atoms with Gasteiger partial charge in [-0.15, -0.1) is 0 Å². The van der Waals surface area contributed by atoms with Crippen LogP contribution in [-0.4, -0.2) is 11.1 Å². The number of rotatable bonds is 2. The van der Waals surface area contributed by atoms with Gasteiger partial charge in [-0.05, 0) is 17.7 Å². The van der Waals surface area contributed by atoms with Crippen LogP contribution in [0.25, 0.3) is 0 Å². The quantitative estimate of drug-likeness (QED) is 0.553. The highest BCUT2D eigenvalue weighted by Gasteiger charge is 2.13. The van der Waals surface area contributed by atoms with Crippen molar-refractivity contribution >= 4 is 11.7 Å². The molecule has 0 aliphatic heterocycles. The summed E-state index contributed by atoms with van der Waals surface area (Å²) in [5, 5.41) is 8.56. The molecule has 0 aliphatic rings. The molecule has 0 fully saturated rings. The van der Waals surface area contributed by atoms with Gasteiger partial charge in [0, 0.05) is 5.69 Å². The highest BCUT2D eigenvalue weighted by atomic mass is 16.4. The van der Waals surface area contributed by atoms with Crippen LogP contribution in [0.1, 0.15) is 11.6 Å². The number of carboxylic acids is 1. The summed E-state index contributed by atoms with van der Waals surface area (Å²) in [5.74, 6) is -1.06. The summed E-state index contributed by atoms with van der Waals surface area (Å²) in [4.78, 5) is 10.4. The van der Waals surface area contributed by atoms with Crippen molar-refractivity contribution < 1.29 is 9.90 Å². The first-order chi connectivity index (χ1) is 5.61. The zero-order valence-corrected chi connectivity index (χ0v) is 6.40. The van der Waals surface area contributed by atoms with Crippen molar-refractivity contribution in [2.24, 2.45) is 5.73 Å². The number of nitrogen functional groups attached to an aromatic ring is 1. The van der Waals surface area contributed by atoms with E-state index >= 15 is 0 Å². The molecule has 0 saturated heterocycles. The van der Waals surface area contributed by atoms with Crippen molar-refractivity contribution in [3.8, 4) is 0 Å². The van der Waals surface area contributed by atoms with E-state index in [1.54, 1.807) is 24.3 Å². The Labute approximate surface area is 69.8 Å². The first-order valence-corrected chi connectivity index (χ1v) is 3.45. The molecule has 0 spiro atoms. The zero-order valence-electron chi connectivity index (χ0n) is 6.40. The Balaban J connectivity index is 2.95. The third-order valence-corrected chi connectivity index (χ3v) is 1.54. The fourth-order valence-electron chi connectivity index (χ4n) is 0.895. The molecule has 1 atom stereocenters. The summed E-state index contributed by atoms with van der Waals surface area (Å²) in [6, 6.07) is 5.55. The molecule has 5 N–H and O–H groups in total. The van der Waals surface area contributed by atoms with Crippen LogP contribution in [0.3, 0.4) is 0 Å². The predicted octanol–water partition coefficient (Wildman–Crippen LogP) is 0.353. The molecule has 0 saturated carbocycles. The van der Waals surface area contributed by atoms with E-state index in [1.165, 1.54) is 0 Å². The second-order valence-electron chi connectivity index (χ2n) is 2.49. The van der Waals surface area contributed by atoms with E-state index < -0.39 is 12.0 Å². The fraction of sp³-hybridized carbons (Fsp3) is 0.125. The lowest BCUT2D eigenvalue weighted by Crippen LogP contribution is -2.20. The molecule has 0 amide bonds. The first-order valence-electron chi connectivity index (χ1n) is 3.45. The van der Waals surface area contributed by atoms with Gasteiger partial charge in [0.15, 0.2) is 0 Å². The molecular formula is C8H10N2O2. The minimum Gasteiger partial charge on any atom is -0.480 e. The molecule has 4 heteroatoms. The Kier molecular flexibility index (Phi) is 2.30. The molecule has 1 aromatic carbocycles. The van der Waals surface area contributed by atoms with Crippen molar-refractivity contribution in [3.05, 3.63) is 29.8 Å². The van der Waals surface area contributed by atoms with Crippen LogP contribution in [0.15, 0.2) is 24.3 Å². The summed E-state index contributed by atoms with van der Waals surface area (Å²) in [6.45, 7) is 0. The third kappa shape index (κ3) is 1.73. The Hall–Kier alpha value is -1.55. The van der Waals surface area contributed by atoms with E-state index in [2.05, 4.69) is 0 Å². The topological polar surface area (TPSA) is 89.3 Å². The van der Waals surface area contributed by atoms with Gasteiger partial charge in [-0.1, -0.05) is 12.1 Å². The maximum absolute atomic E-state index is 10.4. The lowest BCUT2D eigenvalue weighted by atomic mass is 10.1. The molecule has 64 valence electrons. The second-order valence-corrected chi connectivity index (χ2v) is 2.49. The molecule has 4 nitrogen and oxygen atoms in total. The molecule has 0 radical (unpaired) electrons. The zero-order chi connectivity index (χ0) is 9.14. The average molecular weight is 166 g/mol. The molecule has 0 bridgehead atoms. The van der Waals surface area contributed by atoms with Crippen LogP contribution >= 0.6 is 0 Å². The number of hydrogen-bond donors (Lipinski definition) is 3. The highest BCUT2D eigenvalue weighted by molar-refractivity contribution is 5.75. The van der Waals surface area contributed by atoms with Crippen molar-refractivity contribution in [1.29, 1.82) is 0 Å². The Bertz CT molecular complexity index is 299.